The fourth-order valence-electron chi connectivity index (χ4n) is 3.20. The van der Waals surface area contributed by atoms with Crippen LogP contribution in [0.25, 0.3) is 0 Å². The van der Waals surface area contributed by atoms with Gasteiger partial charge in [-0.05, 0) is 56.6 Å². The Hall–Kier alpha value is -1.40. The minimum Gasteiger partial charge on any atom is -0.316 e. The Morgan fingerprint density at radius 1 is 1.27 bits per heavy atom. The monoisotopic (exact) mass is 321 g/mol. The van der Waals surface area contributed by atoms with Gasteiger partial charge in [0, 0.05) is 18.0 Å². The summed E-state index contributed by atoms with van der Waals surface area (Å²) in [6.45, 7) is 3.24. The highest BCUT2D eigenvalue weighted by Crippen LogP contribution is 2.27. The first kappa shape index (κ1) is 15.5. The highest BCUT2D eigenvalue weighted by atomic mass is 32.1. The SMILES string of the molecule is O=C1C2CCCN2C(=O)N1CCCCNCCc1cccs1. The molecular formula is C16H23N3O2S. The lowest BCUT2D eigenvalue weighted by atomic mass is 10.2. The van der Waals surface area contributed by atoms with Crippen molar-refractivity contribution in [2.75, 3.05) is 26.2 Å². The molecular weight excluding hydrogens is 298 g/mol. The van der Waals surface area contributed by atoms with E-state index in [0.717, 1.165) is 51.7 Å². The van der Waals surface area contributed by atoms with Gasteiger partial charge in [0.2, 0.25) is 0 Å². The maximum Gasteiger partial charge on any atom is 0.327 e. The maximum absolute atomic E-state index is 12.1. The molecule has 3 heterocycles. The lowest BCUT2D eigenvalue weighted by Gasteiger charge is -2.15. The summed E-state index contributed by atoms with van der Waals surface area (Å²) in [6, 6.07) is 4.01. The van der Waals surface area contributed by atoms with E-state index in [0.29, 0.717) is 6.54 Å². The van der Waals surface area contributed by atoms with E-state index in [1.54, 1.807) is 16.2 Å². The Bertz CT molecular complexity index is 495. The molecule has 120 valence electrons. The van der Waals surface area contributed by atoms with E-state index < -0.39 is 0 Å². The van der Waals surface area contributed by atoms with E-state index in [-0.39, 0.29) is 18.0 Å². The third kappa shape index (κ3) is 3.33. The molecule has 0 saturated carbocycles. The van der Waals surface area contributed by atoms with Gasteiger partial charge in [0.1, 0.15) is 6.04 Å². The largest absolute Gasteiger partial charge is 0.327 e. The molecule has 1 atom stereocenters. The number of fused-ring (bicyclic) bond motifs is 1. The third-order valence-corrected chi connectivity index (χ3v) is 5.33. The number of unbranched alkanes of at least 4 members (excludes halogenated alkanes) is 1. The van der Waals surface area contributed by atoms with E-state index in [9.17, 15) is 9.59 Å². The number of rotatable bonds is 8. The van der Waals surface area contributed by atoms with Crippen LogP contribution in [0.15, 0.2) is 17.5 Å². The van der Waals surface area contributed by atoms with Crippen LogP contribution in [0.3, 0.4) is 0 Å². The summed E-state index contributed by atoms with van der Waals surface area (Å²) in [5, 5.41) is 5.52. The second-order valence-electron chi connectivity index (χ2n) is 5.91. The van der Waals surface area contributed by atoms with Crippen LogP contribution in [0.1, 0.15) is 30.6 Å². The van der Waals surface area contributed by atoms with Crippen LogP contribution in [0.2, 0.25) is 0 Å². The molecule has 3 rings (SSSR count). The molecule has 0 aromatic carbocycles. The molecule has 6 heteroatoms. The molecule has 1 aromatic heterocycles. The lowest BCUT2D eigenvalue weighted by Crippen LogP contribution is -2.34. The molecule has 0 spiro atoms. The van der Waals surface area contributed by atoms with Crippen molar-refractivity contribution in [1.29, 1.82) is 0 Å². The Morgan fingerprint density at radius 3 is 2.95 bits per heavy atom. The minimum absolute atomic E-state index is 0.0214. The average Bonchev–Trinajstić information content (AvgIpc) is 3.22. The molecule has 2 saturated heterocycles. The summed E-state index contributed by atoms with van der Waals surface area (Å²) in [5.41, 5.74) is 0. The predicted molar refractivity (Wildman–Crippen MR) is 87.0 cm³/mol. The number of thiophene rings is 1. The van der Waals surface area contributed by atoms with Crippen molar-refractivity contribution in [3.63, 3.8) is 0 Å². The summed E-state index contributed by atoms with van der Waals surface area (Å²) in [5.74, 6) is 0.0214. The third-order valence-electron chi connectivity index (χ3n) is 4.39. The van der Waals surface area contributed by atoms with E-state index in [1.165, 1.54) is 9.78 Å². The molecule has 0 aliphatic carbocycles. The summed E-state index contributed by atoms with van der Waals surface area (Å²) in [6.07, 6.45) is 4.74. The van der Waals surface area contributed by atoms with Crippen LogP contribution in [-0.4, -0.2) is 54.0 Å². The van der Waals surface area contributed by atoms with Gasteiger partial charge in [0.25, 0.3) is 5.91 Å². The van der Waals surface area contributed by atoms with Crippen LogP contribution < -0.4 is 5.32 Å². The number of imide groups is 1. The van der Waals surface area contributed by atoms with Gasteiger partial charge in [-0.3, -0.25) is 9.69 Å². The number of carbonyl (C=O) groups excluding carboxylic acids is 2. The van der Waals surface area contributed by atoms with Gasteiger partial charge in [-0.2, -0.15) is 0 Å². The first-order valence-electron chi connectivity index (χ1n) is 8.12. The molecule has 1 unspecified atom stereocenters. The van der Waals surface area contributed by atoms with Crippen molar-refractivity contribution in [1.82, 2.24) is 15.1 Å². The second kappa shape index (κ2) is 7.24. The second-order valence-corrected chi connectivity index (χ2v) is 6.94. The molecule has 3 amide bonds. The van der Waals surface area contributed by atoms with Crippen molar-refractivity contribution >= 4 is 23.3 Å². The Labute approximate surface area is 135 Å². The Kier molecular flexibility index (Phi) is 5.10. The summed E-state index contributed by atoms with van der Waals surface area (Å²) >= 11 is 1.79. The molecule has 0 bridgehead atoms. The normalized spacial score (nSPS) is 21.0. The highest BCUT2D eigenvalue weighted by molar-refractivity contribution is 7.09. The fraction of sp³-hybridized carbons (Fsp3) is 0.625. The van der Waals surface area contributed by atoms with Crippen LogP contribution in [0, 0.1) is 0 Å². The van der Waals surface area contributed by atoms with Gasteiger partial charge >= 0.3 is 6.03 Å². The first-order chi connectivity index (χ1) is 10.8. The maximum atomic E-state index is 12.1. The Balaban J connectivity index is 1.29. The van der Waals surface area contributed by atoms with Crippen LogP contribution >= 0.6 is 11.3 Å². The van der Waals surface area contributed by atoms with Crippen molar-refractivity contribution < 1.29 is 9.59 Å². The van der Waals surface area contributed by atoms with Crippen molar-refractivity contribution in [3.05, 3.63) is 22.4 Å². The summed E-state index contributed by atoms with van der Waals surface area (Å²) < 4.78 is 0. The number of nitrogens with zero attached hydrogens (tertiary/aromatic N) is 2. The molecule has 2 aliphatic heterocycles. The van der Waals surface area contributed by atoms with Gasteiger partial charge in [0.05, 0.1) is 0 Å². The first-order valence-corrected chi connectivity index (χ1v) is 9.00. The molecule has 1 N–H and O–H groups in total. The van der Waals surface area contributed by atoms with E-state index in [1.807, 2.05) is 0 Å². The number of carbonyl (C=O) groups is 2. The van der Waals surface area contributed by atoms with Gasteiger partial charge in [0.15, 0.2) is 0 Å². The molecule has 0 radical (unpaired) electrons. The van der Waals surface area contributed by atoms with Crippen molar-refractivity contribution in [2.24, 2.45) is 0 Å². The quantitative estimate of drug-likeness (QED) is 0.589. The Morgan fingerprint density at radius 2 is 2.18 bits per heavy atom. The van der Waals surface area contributed by atoms with Gasteiger partial charge in [-0.15, -0.1) is 11.3 Å². The minimum atomic E-state index is -0.156. The molecule has 2 aliphatic rings. The smallest absolute Gasteiger partial charge is 0.316 e. The van der Waals surface area contributed by atoms with E-state index in [2.05, 4.69) is 22.8 Å². The average molecular weight is 321 g/mol. The fourth-order valence-corrected chi connectivity index (χ4v) is 3.91. The number of hydrogen-bond acceptors (Lipinski definition) is 4. The number of hydrogen-bond donors (Lipinski definition) is 1. The van der Waals surface area contributed by atoms with E-state index >= 15 is 0 Å². The zero-order valence-electron chi connectivity index (χ0n) is 12.8. The number of urea groups is 1. The highest BCUT2D eigenvalue weighted by Gasteiger charge is 2.46. The summed E-state index contributed by atoms with van der Waals surface area (Å²) in [4.78, 5) is 28.9. The van der Waals surface area contributed by atoms with E-state index in [4.69, 9.17) is 0 Å². The molecule has 1 aromatic rings. The van der Waals surface area contributed by atoms with Gasteiger partial charge in [-0.25, -0.2) is 4.79 Å². The standard InChI is InChI=1S/C16H23N3O2S/c20-15-14-6-3-11-18(14)16(21)19(15)10-2-1-8-17-9-7-13-5-4-12-22-13/h4-5,12,14,17H,1-3,6-11H2. The lowest BCUT2D eigenvalue weighted by molar-refractivity contribution is -0.128. The zero-order chi connectivity index (χ0) is 15.4. The molecule has 2 fully saturated rings. The van der Waals surface area contributed by atoms with Crippen molar-refractivity contribution in [2.45, 2.75) is 38.1 Å². The molecule has 5 nitrogen and oxygen atoms in total. The van der Waals surface area contributed by atoms with Crippen LogP contribution in [0.5, 0.6) is 0 Å². The van der Waals surface area contributed by atoms with Gasteiger partial charge < -0.3 is 10.2 Å². The predicted octanol–water partition coefficient (Wildman–Crippen LogP) is 2.09. The topological polar surface area (TPSA) is 52.7 Å². The summed E-state index contributed by atoms with van der Waals surface area (Å²) in [7, 11) is 0. The number of nitrogens with one attached hydrogen (secondary N) is 1. The number of amides is 3. The van der Waals surface area contributed by atoms with Crippen LogP contribution in [-0.2, 0) is 11.2 Å². The zero-order valence-corrected chi connectivity index (χ0v) is 13.6. The van der Waals surface area contributed by atoms with Gasteiger partial charge in [-0.1, -0.05) is 6.07 Å². The van der Waals surface area contributed by atoms with Crippen LogP contribution in [0.4, 0.5) is 4.79 Å². The van der Waals surface area contributed by atoms with Crippen molar-refractivity contribution in [3.8, 4) is 0 Å². The molecule has 22 heavy (non-hydrogen) atoms.